The fraction of sp³-hybridized carbons (Fsp3) is 0.176. The SMILES string of the molecule is COc1cccc(C(=O)N/N=C/C23c4ccccc4C(c4ccccc42)C2C(=O)N(c4ccc(C)cc4)C(=O)C23)c1. The number of nitrogens with one attached hydrogen (secondary N) is 1. The molecule has 3 amide bonds. The number of nitrogens with zero attached hydrogens (tertiary/aromatic N) is 2. The largest absolute Gasteiger partial charge is 0.497 e. The maximum Gasteiger partial charge on any atom is 0.271 e. The van der Waals surface area contributed by atoms with E-state index in [1.165, 1.54) is 4.90 Å². The first-order valence-electron chi connectivity index (χ1n) is 13.6. The molecule has 1 heterocycles. The molecule has 0 spiro atoms. The highest BCUT2D eigenvalue weighted by atomic mass is 16.5. The van der Waals surface area contributed by atoms with Crippen molar-refractivity contribution in [2.24, 2.45) is 16.9 Å². The Balaban J connectivity index is 1.38. The molecule has 2 unspecified atom stereocenters. The molecule has 7 heteroatoms. The van der Waals surface area contributed by atoms with Gasteiger partial charge in [-0.05, 0) is 59.5 Å². The Kier molecular flexibility index (Phi) is 5.64. The molecule has 202 valence electrons. The first-order chi connectivity index (χ1) is 20.0. The average Bonchev–Trinajstić information content (AvgIpc) is 3.28. The van der Waals surface area contributed by atoms with Crippen molar-refractivity contribution in [3.8, 4) is 5.75 Å². The fourth-order valence-corrected chi connectivity index (χ4v) is 7.02. The monoisotopic (exact) mass is 541 g/mol. The number of methoxy groups -OCH3 is 1. The van der Waals surface area contributed by atoms with Gasteiger partial charge in [-0.1, -0.05) is 72.3 Å². The van der Waals surface area contributed by atoms with Crippen molar-refractivity contribution in [3.05, 3.63) is 130 Å². The molecule has 4 aliphatic rings. The van der Waals surface area contributed by atoms with E-state index in [9.17, 15) is 14.4 Å². The first-order valence-corrected chi connectivity index (χ1v) is 13.6. The summed E-state index contributed by atoms with van der Waals surface area (Å²) in [6.07, 6.45) is 1.67. The smallest absolute Gasteiger partial charge is 0.271 e. The number of ether oxygens (including phenoxy) is 1. The molecule has 4 aromatic rings. The molecular weight excluding hydrogens is 514 g/mol. The molecule has 1 fully saturated rings. The standard InChI is InChI=1S/C34H27N3O4/c1-20-14-16-22(17-15-20)37-32(39)29-28-24-10-3-5-12-26(24)34(30(29)33(37)40,27-13-6-4-11-25(27)28)19-35-36-31(38)21-8-7-9-23(18-21)41-2/h3-19,28-30H,1-2H3,(H,36,38)/b35-19+. The number of carbonyl (C=O) groups is 3. The van der Waals surface area contributed by atoms with Crippen LogP contribution in [0.1, 0.15) is 44.1 Å². The minimum absolute atomic E-state index is 0.212. The van der Waals surface area contributed by atoms with Gasteiger partial charge in [-0.2, -0.15) is 5.10 Å². The Hall–Kier alpha value is -5.04. The third-order valence-electron chi connectivity index (χ3n) is 8.74. The van der Waals surface area contributed by atoms with Crippen LogP contribution >= 0.6 is 0 Å². The van der Waals surface area contributed by atoms with Crippen LogP contribution in [-0.2, 0) is 15.0 Å². The lowest BCUT2D eigenvalue weighted by atomic mass is 9.47. The molecule has 1 N–H and O–H groups in total. The summed E-state index contributed by atoms with van der Waals surface area (Å²) in [5.41, 5.74) is 7.46. The summed E-state index contributed by atoms with van der Waals surface area (Å²) in [6, 6.07) is 30.2. The van der Waals surface area contributed by atoms with Crippen molar-refractivity contribution < 1.29 is 19.1 Å². The van der Waals surface area contributed by atoms with E-state index in [-0.39, 0.29) is 17.7 Å². The molecular formula is C34H27N3O4. The predicted molar refractivity (Wildman–Crippen MR) is 155 cm³/mol. The summed E-state index contributed by atoms with van der Waals surface area (Å²) < 4.78 is 5.25. The molecule has 0 saturated carbocycles. The Bertz CT molecular complexity index is 1710. The molecule has 2 bridgehead atoms. The van der Waals surface area contributed by atoms with E-state index in [0.29, 0.717) is 17.0 Å². The van der Waals surface area contributed by atoms with E-state index in [1.54, 1.807) is 37.6 Å². The van der Waals surface area contributed by atoms with Gasteiger partial charge in [-0.15, -0.1) is 0 Å². The van der Waals surface area contributed by atoms with Gasteiger partial charge in [-0.25, -0.2) is 10.3 Å². The molecule has 3 aliphatic carbocycles. The molecule has 2 atom stereocenters. The highest BCUT2D eigenvalue weighted by Crippen LogP contribution is 2.63. The zero-order valence-electron chi connectivity index (χ0n) is 22.6. The van der Waals surface area contributed by atoms with Crippen LogP contribution in [0.15, 0.2) is 102 Å². The Morgan fingerprint density at radius 3 is 2.20 bits per heavy atom. The number of hydrogen-bond donors (Lipinski definition) is 1. The Labute approximate surface area is 237 Å². The number of carbonyl (C=O) groups excluding carboxylic acids is 3. The van der Waals surface area contributed by atoms with E-state index in [1.807, 2.05) is 79.7 Å². The van der Waals surface area contributed by atoms with Crippen molar-refractivity contribution in [1.29, 1.82) is 0 Å². The van der Waals surface area contributed by atoms with E-state index in [0.717, 1.165) is 27.8 Å². The number of hydrogen-bond acceptors (Lipinski definition) is 5. The van der Waals surface area contributed by atoms with Crippen LogP contribution in [0.4, 0.5) is 5.69 Å². The minimum Gasteiger partial charge on any atom is -0.497 e. The van der Waals surface area contributed by atoms with Crippen molar-refractivity contribution in [1.82, 2.24) is 5.43 Å². The molecule has 41 heavy (non-hydrogen) atoms. The Morgan fingerprint density at radius 1 is 0.878 bits per heavy atom. The third kappa shape index (κ3) is 3.51. The van der Waals surface area contributed by atoms with Crippen LogP contribution in [0.3, 0.4) is 0 Å². The highest BCUT2D eigenvalue weighted by molar-refractivity contribution is 6.25. The van der Waals surface area contributed by atoms with Gasteiger partial charge in [0.05, 0.1) is 30.0 Å². The van der Waals surface area contributed by atoms with Crippen LogP contribution in [0, 0.1) is 18.8 Å². The second-order valence-corrected chi connectivity index (χ2v) is 10.8. The van der Waals surface area contributed by atoms with Gasteiger partial charge < -0.3 is 4.74 Å². The van der Waals surface area contributed by atoms with Gasteiger partial charge in [0, 0.05) is 17.7 Å². The van der Waals surface area contributed by atoms with E-state index in [4.69, 9.17) is 4.74 Å². The van der Waals surface area contributed by atoms with E-state index >= 15 is 0 Å². The summed E-state index contributed by atoms with van der Waals surface area (Å²) in [6.45, 7) is 1.97. The molecule has 0 radical (unpaired) electrons. The summed E-state index contributed by atoms with van der Waals surface area (Å²) in [5.74, 6) is -1.91. The summed E-state index contributed by atoms with van der Waals surface area (Å²) >= 11 is 0. The molecule has 4 aromatic carbocycles. The number of anilines is 1. The lowest BCUT2D eigenvalue weighted by Crippen LogP contribution is -2.54. The van der Waals surface area contributed by atoms with Crippen molar-refractivity contribution in [3.63, 3.8) is 0 Å². The molecule has 1 saturated heterocycles. The maximum absolute atomic E-state index is 14.4. The average molecular weight is 542 g/mol. The Morgan fingerprint density at radius 2 is 1.54 bits per heavy atom. The molecule has 0 aromatic heterocycles. The van der Waals surface area contributed by atoms with Gasteiger partial charge in [0.15, 0.2) is 0 Å². The zero-order chi connectivity index (χ0) is 28.3. The number of amides is 3. The zero-order valence-corrected chi connectivity index (χ0v) is 22.6. The van der Waals surface area contributed by atoms with Crippen molar-refractivity contribution in [2.75, 3.05) is 12.0 Å². The number of benzene rings is 4. The van der Waals surface area contributed by atoms with Crippen molar-refractivity contribution in [2.45, 2.75) is 18.3 Å². The van der Waals surface area contributed by atoms with Crippen LogP contribution in [-0.4, -0.2) is 31.0 Å². The van der Waals surface area contributed by atoms with Gasteiger partial charge in [0.1, 0.15) is 5.75 Å². The second kappa shape index (κ2) is 9.27. The van der Waals surface area contributed by atoms with Gasteiger partial charge in [0.25, 0.3) is 5.91 Å². The molecule has 7 nitrogen and oxygen atoms in total. The van der Waals surface area contributed by atoms with Gasteiger partial charge in [0.2, 0.25) is 11.8 Å². The third-order valence-corrected chi connectivity index (χ3v) is 8.74. The normalized spacial score (nSPS) is 23.8. The fourth-order valence-electron chi connectivity index (χ4n) is 7.02. The second-order valence-electron chi connectivity index (χ2n) is 10.8. The molecule has 8 rings (SSSR count). The van der Waals surface area contributed by atoms with E-state index in [2.05, 4.69) is 10.5 Å². The first kappa shape index (κ1) is 25.0. The van der Waals surface area contributed by atoms with Gasteiger partial charge >= 0.3 is 0 Å². The topological polar surface area (TPSA) is 88.1 Å². The maximum atomic E-state index is 14.4. The van der Waals surface area contributed by atoms with Crippen LogP contribution in [0.5, 0.6) is 5.75 Å². The lowest BCUT2D eigenvalue weighted by molar-refractivity contribution is -0.122. The lowest BCUT2D eigenvalue weighted by Gasteiger charge is -2.52. The number of rotatable bonds is 5. The van der Waals surface area contributed by atoms with E-state index < -0.39 is 23.2 Å². The van der Waals surface area contributed by atoms with Crippen LogP contribution in [0.2, 0.25) is 0 Å². The number of aryl methyl sites for hydroxylation is 1. The minimum atomic E-state index is -1.06. The van der Waals surface area contributed by atoms with Crippen molar-refractivity contribution >= 4 is 29.6 Å². The predicted octanol–water partition coefficient (Wildman–Crippen LogP) is 4.97. The summed E-state index contributed by atoms with van der Waals surface area (Å²) in [5, 5.41) is 4.47. The number of hydrazone groups is 1. The quantitative estimate of drug-likeness (QED) is 0.220. The number of imide groups is 1. The summed E-state index contributed by atoms with van der Waals surface area (Å²) in [4.78, 5) is 43.0. The molecule has 1 aliphatic heterocycles. The van der Waals surface area contributed by atoms with Crippen LogP contribution in [0.25, 0.3) is 0 Å². The van der Waals surface area contributed by atoms with Crippen LogP contribution < -0.4 is 15.1 Å². The summed E-state index contributed by atoms with van der Waals surface area (Å²) in [7, 11) is 1.54. The highest BCUT2D eigenvalue weighted by Gasteiger charge is 2.68. The van der Waals surface area contributed by atoms with Gasteiger partial charge in [-0.3, -0.25) is 14.4 Å².